The standard InChI is InChI=1S/C14H20N2O2/c1-10(2)16-14(17)9-15-12-7-8-18-13-6-4-3-5-11(12)13/h3-6,10,12,15H,7-9H2,1-2H3,(H,16,17). The van der Waals surface area contributed by atoms with Crippen molar-refractivity contribution in [3.63, 3.8) is 0 Å². The summed E-state index contributed by atoms with van der Waals surface area (Å²) in [6.07, 6.45) is 0.895. The number of carbonyl (C=O) groups excluding carboxylic acids is 1. The molecule has 4 nitrogen and oxygen atoms in total. The molecule has 0 aromatic heterocycles. The molecular weight excluding hydrogens is 228 g/mol. The molecule has 4 heteroatoms. The number of fused-ring (bicyclic) bond motifs is 1. The van der Waals surface area contributed by atoms with Crippen LogP contribution < -0.4 is 15.4 Å². The van der Waals surface area contributed by atoms with Crippen molar-refractivity contribution in [2.75, 3.05) is 13.2 Å². The molecule has 2 N–H and O–H groups in total. The van der Waals surface area contributed by atoms with E-state index >= 15 is 0 Å². The normalized spacial score (nSPS) is 18.1. The Bertz CT molecular complexity index is 418. The van der Waals surface area contributed by atoms with Crippen LogP contribution >= 0.6 is 0 Å². The quantitative estimate of drug-likeness (QED) is 0.851. The fraction of sp³-hybridized carbons (Fsp3) is 0.500. The summed E-state index contributed by atoms with van der Waals surface area (Å²) in [5.41, 5.74) is 1.14. The van der Waals surface area contributed by atoms with Gasteiger partial charge in [-0.1, -0.05) is 18.2 Å². The molecule has 18 heavy (non-hydrogen) atoms. The van der Waals surface area contributed by atoms with Crippen LogP contribution in [0, 0.1) is 0 Å². The van der Waals surface area contributed by atoms with Gasteiger partial charge >= 0.3 is 0 Å². The number of carbonyl (C=O) groups is 1. The van der Waals surface area contributed by atoms with Gasteiger partial charge in [0.2, 0.25) is 5.91 Å². The summed E-state index contributed by atoms with van der Waals surface area (Å²) in [6.45, 7) is 4.96. The van der Waals surface area contributed by atoms with Gasteiger partial charge < -0.3 is 15.4 Å². The lowest BCUT2D eigenvalue weighted by Gasteiger charge is -2.26. The smallest absolute Gasteiger partial charge is 0.234 e. The molecule has 98 valence electrons. The van der Waals surface area contributed by atoms with Crippen LogP contribution in [-0.2, 0) is 4.79 Å². The highest BCUT2D eigenvalue weighted by molar-refractivity contribution is 5.78. The number of ether oxygens (including phenoxy) is 1. The minimum atomic E-state index is 0.0361. The zero-order valence-electron chi connectivity index (χ0n) is 10.9. The lowest BCUT2D eigenvalue weighted by atomic mass is 10.0. The van der Waals surface area contributed by atoms with Gasteiger partial charge in [0.15, 0.2) is 0 Å². The SMILES string of the molecule is CC(C)NC(=O)CNC1CCOc2ccccc21. The van der Waals surface area contributed by atoms with Gasteiger partial charge in [-0.2, -0.15) is 0 Å². The number of para-hydroxylation sites is 1. The Morgan fingerprint density at radius 2 is 2.22 bits per heavy atom. The predicted molar refractivity (Wildman–Crippen MR) is 70.6 cm³/mol. The number of nitrogens with one attached hydrogen (secondary N) is 2. The lowest BCUT2D eigenvalue weighted by Crippen LogP contribution is -2.39. The number of rotatable bonds is 4. The average Bonchev–Trinajstić information content (AvgIpc) is 2.35. The molecule has 0 saturated carbocycles. The monoisotopic (exact) mass is 248 g/mol. The van der Waals surface area contributed by atoms with Gasteiger partial charge in [-0.15, -0.1) is 0 Å². The maximum absolute atomic E-state index is 11.6. The summed E-state index contributed by atoms with van der Waals surface area (Å²) in [5.74, 6) is 0.958. The maximum atomic E-state index is 11.6. The predicted octanol–water partition coefficient (Wildman–Crippen LogP) is 1.62. The summed E-state index contributed by atoms with van der Waals surface area (Å²) in [7, 11) is 0. The van der Waals surface area contributed by atoms with Gasteiger partial charge in [0, 0.05) is 24.1 Å². The highest BCUT2D eigenvalue weighted by Gasteiger charge is 2.21. The van der Waals surface area contributed by atoms with Crippen molar-refractivity contribution in [1.29, 1.82) is 0 Å². The molecule has 0 bridgehead atoms. The van der Waals surface area contributed by atoms with Crippen molar-refractivity contribution in [3.8, 4) is 5.75 Å². The van der Waals surface area contributed by atoms with E-state index in [1.807, 2.05) is 38.1 Å². The van der Waals surface area contributed by atoms with Crippen molar-refractivity contribution in [2.24, 2.45) is 0 Å². The van der Waals surface area contributed by atoms with Crippen LogP contribution in [0.1, 0.15) is 31.9 Å². The first kappa shape index (κ1) is 12.9. The van der Waals surface area contributed by atoms with Crippen molar-refractivity contribution >= 4 is 5.91 Å². The summed E-state index contributed by atoms with van der Waals surface area (Å²) in [4.78, 5) is 11.6. The van der Waals surface area contributed by atoms with Gasteiger partial charge in [-0.25, -0.2) is 0 Å². The fourth-order valence-electron chi connectivity index (χ4n) is 2.14. The molecule has 1 atom stereocenters. The van der Waals surface area contributed by atoms with E-state index < -0.39 is 0 Å². The third kappa shape index (κ3) is 3.23. The van der Waals surface area contributed by atoms with Crippen LogP contribution in [0.15, 0.2) is 24.3 Å². The second kappa shape index (κ2) is 5.87. The van der Waals surface area contributed by atoms with Gasteiger partial charge in [-0.3, -0.25) is 4.79 Å². The summed E-state index contributed by atoms with van der Waals surface area (Å²) >= 11 is 0. The highest BCUT2D eigenvalue weighted by atomic mass is 16.5. The second-order valence-corrected chi connectivity index (χ2v) is 4.83. The van der Waals surface area contributed by atoms with Gasteiger partial charge in [0.25, 0.3) is 0 Å². The molecule has 0 radical (unpaired) electrons. The molecular formula is C14H20N2O2. The van der Waals surface area contributed by atoms with Crippen molar-refractivity contribution in [2.45, 2.75) is 32.4 Å². The molecule has 1 unspecified atom stereocenters. The van der Waals surface area contributed by atoms with E-state index in [0.29, 0.717) is 13.2 Å². The molecule has 1 amide bonds. The van der Waals surface area contributed by atoms with Crippen LogP contribution in [0.2, 0.25) is 0 Å². The van der Waals surface area contributed by atoms with E-state index in [9.17, 15) is 4.79 Å². The Hall–Kier alpha value is -1.55. The van der Waals surface area contributed by atoms with E-state index in [1.165, 1.54) is 0 Å². The van der Waals surface area contributed by atoms with Gasteiger partial charge in [-0.05, 0) is 19.9 Å². The molecule has 1 aromatic rings. The van der Waals surface area contributed by atoms with Gasteiger partial charge in [0.1, 0.15) is 5.75 Å². The van der Waals surface area contributed by atoms with E-state index in [2.05, 4.69) is 10.6 Å². The van der Waals surface area contributed by atoms with E-state index in [-0.39, 0.29) is 18.0 Å². The van der Waals surface area contributed by atoms with Crippen molar-refractivity contribution in [3.05, 3.63) is 29.8 Å². The first-order valence-electron chi connectivity index (χ1n) is 6.41. The molecule has 1 aliphatic rings. The highest BCUT2D eigenvalue weighted by Crippen LogP contribution is 2.31. The number of hydrogen-bond donors (Lipinski definition) is 2. The molecule has 1 heterocycles. The van der Waals surface area contributed by atoms with Crippen LogP contribution in [0.5, 0.6) is 5.75 Å². The summed E-state index contributed by atoms with van der Waals surface area (Å²) in [6, 6.07) is 8.36. The largest absolute Gasteiger partial charge is 0.493 e. The zero-order valence-corrected chi connectivity index (χ0v) is 10.9. The Labute approximate surface area is 108 Å². The van der Waals surface area contributed by atoms with Crippen molar-refractivity contribution < 1.29 is 9.53 Å². The average molecular weight is 248 g/mol. The van der Waals surface area contributed by atoms with E-state index in [0.717, 1.165) is 17.7 Å². The number of amides is 1. The molecule has 0 fully saturated rings. The van der Waals surface area contributed by atoms with Crippen LogP contribution in [-0.4, -0.2) is 25.1 Å². The summed E-state index contributed by atoms with van der Waals surface area (Å²) < 4.78 is 5.58. The van der Waals surface area contributed by atoms with Crippen molar-refractivity contribution in [1.82, 2.24) is 10.6 Å². The first-order valence-corrected chi connectivity index (χ1v) is 6.41. The number of hydrogen-bond acceptors (Lipinski definition) is 3. The fourth-order valence-corrected chi connectivity index (χ4v) is 2.14. The Kier molecular flexibility index (Phi) is 4.20. The molecule has 1 aliphatic heterocycles. The molecule has 0 spiro atoms. The Balaban J connectivity index is 1.93. The van der Waals surface area contributed by atoms with Crippen LogP contribution in [0.4, 0.5) is 0 Å². The molecule has 2 rings (SSSR count). The molecule has 0 aliphatic carbocycles. The minimum Gasteiger partial charge on any atom is -0.493 e. The molecule has 0 saturated heterocycles. The Morgan fingerprint density at radius 3 is 3.00 bits per heavy atom. The Morgan fingerprint density at radius 1 is 1.44 bits per heavy atom. The minimum absolute atomic E-state index is 0.0361. The number of benzene rings is 1. The lowest BCUT2D eigenvalue weighted by molar-refractivity contribution is -0.120. The topological polar surface area (TPSA) is 50.4 Å². The third-order valence-electron chi connectivity index (χ3n) is 2.92. The zero-order chi connectivity index (χ0) is 13.0. The van der Waals surface area contributed by atoms with E-state index in [4.69, 9.17) is 4.74 Å². The first-order chi connectivity index (χ1) is 8.66. The molecule has 1 aromatic carbocycles. The third-order valence-corrected chi connectivity index (χ3v) is 2.92. The van der Waals surface area contributed by atoms with E-state index in [1.54, 1.807) is 0 Å². The van der Waals surface area contributed by atoms with Gasteiger partial charge in [0.05, 0.1) is 13.2 Å². The van der Waals surface area contributed by atoms with Crippen LogP contribution in [0.25, 0.3) is 0 Å². The second-order valence-electron chi connectivity index (χ2n) is 4.83. The summed E-state index contributed by atoms with van der Waals surface area (Å²) in [5, 5.41) is 6.16. The van der Waals surface area contributed by atoms with Crippen LogP contribution in [0.3, 0.4) is 0 Å². The maximum Gasteiger partial charge on any atom is 0.234 e.